The smallest absolute Gasteiger partial charge is 0.286 e. The largest absolute Gasteiger partial charge is 0.494 e. The molecule has 29 heavy (non-hydrogen) atoms. The molecule has 3 rings (SSSR count). The van der Waals surface area contributed by atoms with Crippen LogP contribution in [0.2, 0.25) is 0 Å². The molecular weight excluding hydrogens is 388 g/mol. The first kappa shape index (κ1) is 20.5. The van der Waals surface area contributed by atoms with E-state index in [1.165, 1.54) is 11.3 Å². The zero-order valence-corrected chi connectivity index (χ0v) is 17.1. The van der Waals surface area contributed by atoms with E-state index in [9.17, 15) is 9.59 Å². The first-order chi connectivity index (χ1) is 14.0. The molecule has 0 atom stereocenters. The number of ether oxygens (including phenoxy) is 1. The minimum absolute atomic E-state index is 0.130. The summed E-state index contributed by atoms with van der Waals surface area (Å²) in [5, 5.41) is 14.5. The molecule has 2 amide bonds. The number of nitrogens with one attached hydrogen (secondary N) is 2. The molecule has 7 nitrogen and oxygen atoms in total. The molecule has 0 aliphatic rings. The van der Waals surface area contributed by atoms with Gasteiger partial charge in [0.1, 0.15) is 10.8 Å². The Morgan fingerprint density at radius 3 is 2.31 bits per heavy atom. The molecule has 3 aromatic rings. The van der Waals surface area contributed by atoms with Crippen molar-refractivity contribution in [1.29, 1.82) is 0 Å². The molecule has 2 aromatic carbocycles. The zero-order chi connectivity index (χ0) is 20.6. The van der Waals surface area contributed by atoms with Crippen LogP contribution in [0.4, 0.5) is 11.4 Å². The third kappa shape index (κ3) is 6.11. The fourth-order valence-electron chi connectivity index (χ4n) is 2.51. The summed E-state index contributed by atoms with van der Waals surface area (Å²) in [7, 11) is 0. The Balaban J connectivity index is 1.48. The Morgan fingerprint density at radius 1 is 0.966 bits per heavy atom. The topological polar surface area (TPSA) is 93.2 Å². The van der Waals surface area contributed by atoms with Gasteiger partial charge in [0.05, 0.1) is 6.61 Å². The highest BCUT2D eigenvalue weighted by molar-refractivity contribution is 7.13. The van der Waals surface area contributed by atoms with Gasteiger partial charge in [-0.15, -0.1) is 10.2 Å². The van der Waals surface area contributed by atoms with Gasteiger partial charge in [0.25, 0.3) is 5.91 Å². The number of carbonyl (C=O) groups is 2. The van der Waals surface area contributed by atoms with E-state index in [1.54, 1.807) is 12.1 Å². The van der Waals surface area contributed by atoms with Crippen LogP contribution in [0.3, 0.4) is 0 Å². The number of amides is 2. The monoisotopic (exact) mass is 410 g/mol. The summed E-state index contributed by atoms with van der Waals surface area (Å²) in [6.07, 6.45) is 0.666. The van der Waals surface area contributed by atoms with Gasteiger partial charge in [-0.2, -0.15) is 0 Å². The Morgan fingerprint density at radius 2 is 1.62 bits per heavy atom. The van der Waals surface area contributed by atoms with Crippen LogP contribution in [0.1, 0.15) is 33.7 Å². The van der Waals surface area contributed by atoms with Crippen molar-refractivity contribution < 1.29 is 14.3 Å². The normalized spacial score (nSPS) is 10.4. The molecular formula is C21H22N4O3S. The quantitative estimate of drug-likeness (QED) is 0.584. The lowest BCUT2D eigenvalue weighted by Gasteiger charge is -2.06. The first-order valence-corrected chi connectivity index (χ1v) is 10.1. The number of hydrogen-bond donors (Lipinski definition) is 2. The number of aryl methyl sites for hydroxylation is 2. The fraction of sp³-hybridized carbons (Fsp3) is 0.238. The standard InChI is InChI=1S/C21H22N4O3S/c1-3-28-17-10-8-15(9-11-17)22-18(26)12-13-19-24-25-21(29-19)20(27)23-16-6-4-14(2)5-7-16/h4-11H,3,12-13H2,1-2H3,(H,22,26)(H,23,27). The number of nitrogens with zero attached hydrogens (tertiary/aromatic N) is 2. The summed E-state index contributed by atoms with van der Waals surface area (Å²) in [5.74, 6) is 0.322. The van der Waals surface area contributed by atoms with Gasteiger partial charge in [0.15, 0.2) is 0 Å². The van der Waals surface area contributed by atoms with Crippen molar-refractivity contribution in [3.05, 3.63) is 64.1 Å². The van der Waals surface area contributed by atoms with E-state index in [1.807, 2.05) is 50.2 Å². The van der Waals surface area contributed by atoms with E-state index < -0.39 is 0 Å². The van der Waals surface area contributed by atoms with Crippen molar-refractivity contribution in [1.82, 2.24) is 10.2 Å². The molecule has 0 saturated heterocycles. The predicted octanol–water partition coefficient (Wildman–Crippen LogP) is 4.07. The molecule has 1 aromatic heterocycles. The summed E-state index contributed by atoms with van der Waals surface area (Å²) < 4.78 is 5.38. The first-order valence-electron chi connectivity index (χ1n) is 9.26. The van der Waals surface area contributed by atoms with Gasteiger partial charge in [0, 0.05) is 24.2 Å². The van der Waals surface area contributed by atoms with Gasteiger partial charge in [0.2, 0.25) is 10.9 Å². The van der Waals surface area contributed by atoms with Crippen molar-refractivity contribution in [2.75, 3.05) is 17.2 Å². The summed E-state index contributed by atoms with van der Waals surface area (Å²) in [4.78, 5) is 24.4. The van der Waals surface area contributed by atoms with Crippen molar-refractivity contribution >= 4 is 34.5 Å². The second kappa shape index (κ2) is 9.79. The van der Waals surface area contributed by atoms with Crippen LogP contribution in [0.15, 0.2) is 48.5 Å². The van der Waals surface area contributed by atoms with Gasteiger partial charge < -0.3 is 15.4 Å². The van der Waals surface area contributed by atoms with Crippen LogP contribution in [0.25, 0.3) is 0 Å². The van der Waals surface area contributed by atoms with E-state index in [-0.39, 0.29) is 23.2 Å². The predicted molar refractivity (Wildman–Crippen MR) is 114 cm³/mol. The number of hydrogen-bond acceptors (Lipinski definition) is 6. The molecule has 0 saturated carbocycles. The van der Waals surface area contributed by atoms with Crippen LogP contribution in [0, 0.1) is 6.92 Å². The summed E-state index contributed by atoms with van der Waals surface area (Å²) in [5.41, 5.74) is 2.52. The number of carbonyl (C=O) groups excluding carboxylic acids is 2. The van der Waals surface area contributed by atoms with Crippen molar-refractivity contribution in [2.24, 2.45) is 0 Å². The van der Waals surface area contributed by atoms with Crippen LogP contribution < -0.4 is 15.4 Å². The van der Waals surface area contributed by atoms with Gasteiger partial charge in [-0.3, -0.25) is 9.59 Å². The number of rotatable bonds is 8. The maximum absolute atomic E-state index is 12.3. The van der Waals surface area contributed by atoms with Gasteiger partial charge >= 0.3 is 0 Å². The SMILES string of the molecule is CCOc1ccc(NC(=O)CCc2nnc(C(=O)Nc3ccc(C)cc3)s2)cc1. The third-order valence-electron chi connectivity index (χ3n) is 3.99. The molecule has 0 unspecified atom stereocenters. The Kier molecular flexibility index (Phi) is 6.91. The molecule has 2 N–H and O–H groups in total. The Bertz CT molecular complexity index is 968. The van der Waals surface area contributed by atoms with E-state index >= 15 is 0 Å². The molecule has 8 heteroatoms. The van der Waals surface area contributed by atoms with Gasteiger partial charge in [-0.25, -0.2) is 0 Å². The maximum atomic E-state index is 12.3. The maximum Gasteiger partial charge on any atom is 0.286 e. The molecule has 0 aliphatic heterocycles. The third-order valence-corrected chi connectivity index (χ3v) is 4.97. The molecule has 0 fully saturated rings. The number of benzene rings is 2. The second-order valence-electron chi connectivity index (χ2n) is 6.33. The second-order valence-corrected chi connectivity index (χ2v) is 7.39. The minimum Gasteiger partial charge on any atom is -0.494 e. The highest BCUT2D eigenvalue weighted by Crippen LogP contribution is 2.17. The van der Waals surface area contributed by atoms with E-state index in [0.717, 1.165) is 11.3 Å². The molecule has 0 aliphatic carbocycles. The minimum atomic E-state index is -0.309. The van der Waals surface area contributed by atoms with Gasteiger partial charge in [-0.1, -0.05) is 29.0 Å². The molecule has 0 spiro atoms. The van der Waals surface area contributed by atoms with E-state index in [0.29, 0.717) is 29.4 Å². The lowest BCUT2D eigenvalue weighted by molar-refractivity contribution is -0.116. The van der Waals surface area contributed by atoms with Crippen LogP contribution in [-0.2, 0) is 11.2 Å². The van der Waals surface area contributed by atoms with Crippen molar-refractivity contribution in [3.8, 4) is 5.75 Å². The van der Waals surface area contributed by atoms with Crippen molar-refractivity contribution in [3.63, 3.8) is 0 Å². The van der Waals surface area contributed by atoms with E-state index in [2.05, 4.69) is 20.8 Å². The van der Waals surface area contributed by atoms with E-state index in [4.69, 9.17) is 4.74 Å². The lowest BCUT2D eigenvalue weighted by Crippen LogP contribution is -2.12. The van der Waals surface area contributed by atoms with Crippen LogP contribution in [0.5, 0.6) is 5.75 Å². The van der Waals surface area contributed by atoms with Gasteiger partial charge in [-0.05, 0) is 50.2 Å². The summed E-state index contributed by atoms with van der Waals surface area (Å²) in [6.45, 7) is 4.49. The lowest BCUT2D eigenvalue weighted by atomic mass is 10.2. The number of aromatic nitrogens is 2. The molecule has 150 valence electrons. The fourth-order valence-corrected chi connectivity index (χ4v) is 3.25. The molecule has 1 heterocycles. The summed E-state index contributed by atoms with van der Waals surface area (Å²) in [6, 6.07) is 14.7. The highest BCUT2D eigenvalue weighted by atomic mass is 32.1. The average Bonchev–Trinajstić information content (AvgIpc) is 3.19. The highest BCUT2D eigenvalue weighted by Gasteiger charge is 2.14. The average molecular weight is 410 g/mol. The molecule has 0 radical (unpaired) electrons. The zero-order valence-electron chi connectivity index (χ0n) is 16.3. The Hall–Kier alpha value is -3.26. The molecule has 0 bridgehead atoms. The summed E-state index contributed by atoms with van der Waals surface area (Å²) >= 11 is 1.19. The van der Waals surface area contributed by atoms with Crippen LogP contribution in [-0.4, -0.2) is 28.6 Å². The number of anilines is 2. The Labute approximate surface area is 173 Å². The van der Waals surface area contributed by atoms with Crippen LogP contribution >= 0.6 is 11.3 Å². The van der Waals surface area contributed by atoms with Crippen molar-refractivity contribution in [2.45, 2.75) is 26.7 Å².